The fourth-order valence-electron chi connectivity index (χ4n) is 1.00. The molecule has 0 nitrogen and oxygen atoms in total. The fraction of sp³-hybridized carbons (Fsp3) is 0.556. The van der Waals surface area contributed by atoms with E-state index in [4.69, 9.17) is 0 Å². The minimum atomic E-state index is 0. The van der Waals surface area contributed by atoms with Gasteiger partial charge < -0.3 is 0 Å². The summed E-state index contributed by atoms with van der Waals surface area (Å²) in [5, 5.41) is 0. The van der Waals surface area contributed by atoms with Crippen LogP contribution in [-0.4, -0.2) is 0 Å². The van der Waals surface area contributed by atoms with E-state index in [9.17, 15) is 0 Å². The summed E-state index contributed by atoms with van der Waals surface area (Å²) >= 11 is 0. The first kappa shape index (κ1) is 18.7. The largest absolute Gasteiger partial charge is 0.273 e. The van der Waals surface area contributed by atoms with Crippen molar-refractivity contribution in [2.24, 2.45) is 5.92 Å². The van der Waals surface area contributed by atoms with Crippen molar-refractivity contribution in [1.29, 1.82) is 0 Å². The van der Waals surface area contributed by atoms with Crippen LogP contribution >= 0.6 is 24.8 Å². The van der Waals surface area contributed by atoms with Gasteiger partial charge in [0.2, 0.25) is 0 Å². The van der Waals surface area contributed by atoms with Gasteiger partial charge in [0.1, 0.15) is 0 Å². The van der Waals surface area contributed by atoms with Crippen molar-refractivity contribution in [3.05, 3.63) is 23.8 Å². The van der Waals surface area contributed by atoms with Crippen molar-refractivity contribution < 1.29 is 26.2 Å². The van der Waals surface area contributed by atoms with Gasteiger partial charge in [-0.05, 0) is 5.92 Å². The zero-order valence-corrected chi connectivity index (χ0v) is 11.6. The van der Waals surface area contributed by atoms with Gasteiger partial charge in [0.05, 0.1) is 0 Å². The third-order valence-electron chi connectivity index (χ3n) is 1.97. The molecular weight excluding hydrogens is 270 g/mol. The maximum atomic E-state index is 3.17. The molecule has 1 aliphatic carbocycles. The van der Waals surface area contributed by atoms with Crippen molar-refractivity contribution in [1.82, 2.24) is 0 Å². The Balaban J connectivity index is -0.000000270. The van der Waals surface area contributed by atoms with E-state index in [0.29, 0.717) is 0 Å². The average molecular weight is 285 g/mol. The molecule has 1 atom stereocenters. The van der Waals surface area contributed by atoms with Gasteiger partial charge in [-0.3, -0.25) is 6.08 Å². The van der Waals surface area contributed by atoms with Crippen molar-refractivity contribution in [3.63, 3.8) is 0 Å². The molecular formula is C9H15Cl2Zr-. The average Bonchev–Trinajstić information content (AvgIpc) is 2.37. The third-order valence-corrected chi connectivity index (χ3v) is 1.97. The molecule has 0 fully saturated rings. The minimum Gasteiger partial charge on any atom is -0.273 e. The standard InChI is InChI=1S/C9H13.2ClH.Zr/c1-3-8(2)9-6-4-5-7-9;;;/h4,6,8H,3,7H2,1-2H3;2*1H;/q-1;;;. The molecule has 3 heteroatoms. The van der Waals surface area contributed by atoms with Gasteiger partial charge in [-0.2, -0.15) is 5.57 Å². The predicted molar refractivity (Wildman–Crippen MR) is 54.5 cm³/mol. The Morgan fingerprint density at radius 1 is 1.50 bits per heavy atom. The van der Waals surface area contributed by atoms with Crippen LogP contribution in [0.2, 0.25) is 0 Å². The first-order chi connectivity index (χ1) is 4.34. The Kier molecular flexibility index (Phi) is 15.6. The summed E-state index contributed by atoms with van der Waals surface area (Å²) in [7, 11) is 0. The SMILES string of the molecule is CCC(C)C1=CC=[C-]C1.Cl.Cl.[Zr]. The molecule has 12 heavy (non-hydrogen) atoms. The van der Waals surface area contributed by atoms with Crippen LogP contribution < -0.4 is 0 Å². The molecule has 70 valence electrons. The number of allylic oxidation sites excluding steroid dienone is 4. The van der Waals surface area contributed by atoms with E-state index in [-0.39, 0.29) is 51.0 Å². The molecule has 0 radical (unpaired) electrons. The predicted octanol–water partition coefficient (Wildman–Crippen LogP) is 3.56. The van der Waals surface area contributed by atoms with Crippen molar-refractivity contribution in [2.75, 3.05) is 0 Å². The zero-order valence-electron chi connectivity index (χ0n) is 7.46. The van der Waals surface area contributed by atoms with E-state index in [2.05, 4.69) is 26.0 Å². The Morgan fingerprint density at radius 3 is 2.42 bits per heavy atom. The van der Waals surface area contributed by atoms with Crippen LogP contribution in [0.5, 0.6) is 0 Å². The summed E-state index contributed by atoms with van der Waals surface area (Å²) in [6.07, 6.45) is 9.70. The molecule has 0 saturated carbocycles. The molecule has 0 saturated heterocycles. The van der Waals surface area contributed by atoms with Gasteiger partial charge in [-0.1, -0.05) is 20.3 Å². The molecule has 0 aromatic heterocycles. The maximum Gasteiger partial charge on any atom is 0 e. The number of rotatable bonds is 2. The van der Waals surface area contributed by atoms with Crippen LogP contribution in [0.25, 0.3) is 0 Å². The number of hydrogen-bond acceptors (Lipinski definition) is 0. The second-order valence-electron chi connectivity index (χ2n) is 2.60. The van der Waals surface area contributed by atoms with Gasteiger partial charge in [-0.15, -0.1) is 31.2 Å². The quantitative estimate of drug-likeness (QED) is 0.681. The van der Waals surface area contributed by atoms with Gasteiger partial charge in [0, 0.05) is 26.2 Å². The summed E-state index contributed by atoms with van der Waals surface area (Å²) < 4.78 is 0. The maximum absolute atomic E-state index is 3.17. The molecule has 0 N–H and O–H groups in total. The number of hydrogen-bond donors (Lipinski definition) is 0. The van der Waals surface area contributed by atoms with E-state index in [1.54, 1.807) is 0 Å². The van der Waals surface area contributed by atoms with Crippen LogP contribution in [0.1, 0.15) is 26.7 Å². The Morgan fingerprint density at radius 2 is 2.08 bits per heavy atom. The van der Waals surface area contributed by atoms with Crippen molar-refractivity contribution in [3.8, 4) is 0 Å². The summed E-state index contributed by atoms with van der Waals surface area (Å²) in [5.41, 5.74) is 1.54. The summed E-state index contributed by atoms with van der Waals surface area (Å²) in [6, 6.07) is 0. The second kappa shape index (κ2) is 10.0. The molecule has 0 spiro atoms. The van der Waals surface area contributed by atoms with Crippen LogP contribution in [0.15, 0.2) is 17.7 Å². The molecule has 1 unspecified atom stereocenters. The fourth-order valence-corrected chi connectivity index (χ4v) is 1.00. The van der Waals surface area contributed by atoms with Crippen LogP contribution in [-0.2, 0) is 26.2 Å². The topological polar surface area (TPSA) is 0 Å². The Hall–Kier alpha value is 0.943. The van der Waals surface area contributed by atoms with Crippen LogP contribution in [0.3, 0.4) is 0 Å². The normalized spacial score (nSPS) is 15.0. The van der Waals surface area contributed by atoms with E-state index in [0.717, 1.165) is 12.3 Å². The first-order valence-corrected chi connectivity index (χ1v) is 3.60. The summed E-state index contributed by atoms with van der Waals surface area (Å²) in [4.78, 5) is 0. The van der Waals surface area contributed by atoms with Crippen molar-refractivity contribution in [2.45, 2.75) is 26.7 Å². The summed E-state index contributed by atoms with van der Waals surface area (Å²) in [5.74, 6) is 0.760. The molecule has 0 aromatic carbocycles. The molecule has 1 rings (SSSR count). The van der Waals surface area contributed by atoms with E-state index in [1.807, 2.05) is 6.08 Å². The molecule has 0 amide bonds. The van der Waals surface area contributed by atoms with Gasteiger partial charge in [-0.25, -0.2) is 12.2 Å². The second-order valence-corrected chi connectivity index (χ2v) is 2.60. The molecule has 0 bridgehead atoms. The van der Waals surface area contributed by atoms with E-state index >= 15 is 0 Å². The molecule has 0 heterocycles. The number of halogens is 2. The third kappa shape index (κ3) is 5.57. The summed E-state index contributed by atoms with van der Waals surface area (Å²) in [6.45, 7) is 4.50. The van der Waals surface area contributed by atoms with Gasteiger partial charge >= 0.3 is 0 Å². The van der Waals surface area contributed by atoms with Crippen LogP contribution in [0, 0.1) is 12.0 Å². The Labute approximate surface area is 107 Å². The first-order valence-electron chi connectivity index (χ1n) is 3.60. The molecule has 0 aromatic rings. The Bertz CT molecular complexity index is 153. The molecule has 0 aliphatic heterocycles. The smallest absolute Gasteiger partial charge is 0 e. The zero-order chi connectivity index (χ0) is 6.69. The molecule has 1 aliphatic rings. The monoisotopic (exact) mass is 283 g/mol. The van der Waals surface area contributed by atoms with Crippen molar-refractivity contribution >= 4 is 24.8 Å². The minimum absolute atomic E-state index is 0. The van der Waals surface area contributed by atoms with E-state index < -0.39 is 0 Å². The van der Waals surface area contributed by atoms with Gasteiger partial charge in [0.25, 0.3) is 0 Å². The van der Waals surface area contributed by atoms with Crippen LogP contribution in [0.4, 0.5) is 0 Å². The van der Waals surface area contributed by atoms with Gasteiger partial charge in [0.15, 0.2) is 0 Å². The van der Waals surface area contributed by atoms with E-state index in [1.165, 1.54) is 12.0 Å².